The summed E-state index contributed by atoms with van der Waals surface area (Å²) in [5.74, 6) is -0.924. The van der Waals surface area contributed by atoms with E-state index in [0.717, 1.165) is 25.7 Å². The first-order valence-corrected chi connectivity index (χ1v) is 6.61. The summed E-state index contributed by atoms with van der Waals surface area (Å²) in [5.41, 5.74) is 0. The van der Waals surface area contributed by atoms with Gasteiger partial charge in [0.1, 0.15) is 24.4 Å². The molecule has 0 bridgehead atoms. The summed E-state index contributed by atoms with van der Waals surface area (Å²) >= 11 is 0. The molecule has 2 aliphatic carbocycles. The minimum absolute atomic E-state index is 0.330. The summed E-state index contributed by atoms with van der Waals surface area (Å²) in [7, 11) is 0. The monoisotopic (exact) mass is 258 g/mol. The minimum Gasteiger partial charge on any atom is -0.387 e. The third kappa shape index (κ3) is 1.79. The van der Waals surface area contributed by atoms with Gasteiger partial charge in [-0.2, -0.15) is 0 Å². The molecule has 2 heterocycles. The fourth-order valence-electron chi connectivity index (χ4n) is 2.66. The molecule has 6 nitrogen and oxygen atoms in total. The van der Waals surface area contributed by atoms with Gasteiger partial charge in [0.05, 0.1) is 13.2 Å². The SMILES string of the molecule is OC(C1COC2(CC2)O1)C(O)C1COC2(CC2)O1. The van der Waals surface area contributed by atoms with Crippen LogP contribution < -0.4 is 0 Å². The average molecular weight is 258 g/mol. The first-order valence-electron chi connectivity index (χ1n) is 6.61. The summed E-state index contributed by atoms with van der Waals surface area (Å²) in [6, 6.07) is 0. The van der Waals surface area contributed by atoms with Crippen molar-refractivity contribution < 1.29 is 29.2 Å². The van der Waals surface area contributed by atoms with Gasteiger partial charge in [0.25, 0.3) is 0 Å². The normalized spacial score (nSPS) is 42.3. The van der Waals surface area contributed by atoms with Gasteiger partial charge in [-0.05, 0) is 0 Å². The highest BCUT2D eigenvalue weighted by Crippen LogP contribution is 2.48. The summed E-state index contributed by atoms with van der Waals surface area (Å²) in [5, 5.41) is 20.3. The van der Waals surface area contributed by atoms with E-state index in [2.05, 4.69) is 0 Å². The fourth-order valence-corrected chi connectivity index (χ4v) is 2.66. The fraction of sp³-hybridized carbons (Fsp3) is 1.00. The molecule has 4 aliphatic rings. The Balaban J connectivity index is 1.37. The Bertz CT molecular complexity index is 316. The number of rotatable bonds is 3. The van der Waals surface area contributed by atoms with Crippen LogP contribution in [-0.2, 0) is 18.9 Å². The van der Waals surface area contributed by atoms with Crippen molar-refractivity contribution in [3.63, 3.8) is 0 Å². The summed E-state index contributed by atoms with van der Waals surface area (Å²) in [6.07, 6.45) is 0.567. The Hall–Kier alpha value is -0.240. The van der Waals surface area contributed by atoms with Gasteiger partial charge in [-0.1, -0.05) is 0 Å². The van der Waals surface area contributed by atoms with E-state index in [-0.39, 0.29) is 0 Å². The van der Waals surface area contributed by atoms with E-state index in [0.29, 0.717) is 13.2 Å². The highest BCUT2D eigenvalue weighted by Gasteiger charge is 2.57. The van der Waals surface area contributed by atoms with Crippen molar-refractivity contribution in [2.24, 2.45) is 0 Å². The van der Waals surface area contributed by atoms with Crippen molar-refractivity contribution in [3.05, 3.63) is 0 Å². The molecule has 2 N–H and O–H groups in total. The van der Waals surface area contributed by atoms with Crippen molar-refractivity contribution >= 4 is 0 Å². The van der Waals surface area contributed by atoms with Crippen LogP contribution in [0.25, 0.3) is 0 Å². The maximum Gasteiger partial charge on any atom is 0.169 e. The first-order chi connectivity index (χ1) is 8.62. The molecule has 4 unspecified atom stereocenters. The molecular formula is C12H18O6. The van der Waals surface area contributed by atoms with Crippen molar-refractivity contribution in [1.29, 1.82) is 0 Å². The van der Waals surface area contributed by atoms with Crippen molar-refractivity contribution in [3.8, 4) is 0 Å². The molecular weight excluding hydrogens is 240 g/mol. The molecule has 0 aromatic heterocycles. The Morgan fingerprint density at radius 3 is 1.44 bits per heavy atom. The van der Waals surface area contributed by atoms with Crippen LogP contribution >= 0.6 is 0 Å². The zero-order chi connectivity index (χ0) is 12.4. The number of aliphatic hydroxyl groups excluding tert-OH is 2. The molecule has 102 valence electrons. The molecule has 4 atom stereocenters. The lowest BCUT2D eigenvalue weighted by Gasteiger charge is -2.25. The van der Waals surface area contributed by atoms with Gasteiger partial charge in [-0.3, -0.25) is 0 Å². The van der Waals surface area contributed by atoms with Crippen LogP contribution in [0, 0.1) is 0 Å². The van der Waals surface area contributed by atoms with E-state index < -0.39 is 36.0 Å². The van der Waals surface area contributed by atoms with Crippen molar-refractivity contribution in [2.45, 2.75) is 61.7 Å². The molecule has 0 aromatic rings. The van der Waals surface area contributed by atoms with Gasteiger partial charge in [0.15, 0.2) is 11.6 Å². The second-order valence-electron chi connectivity index (χ2n) is 5.74. The molecule has 6 heteroatoms. The van der Waals surface area contributed by atoms with E-state index in [1.54, 1.807) is 0 Å². The minimum atomic E-state index is -0.993. The maximum absolute atomic E-state index is 10.1. The maximum atomic E-state index is 10.1. The highest BCUT2D eigenvalue weighted by molar-refractivity contribution is 4.98. The lowest BCUT2D eigenvalue weighted by molar-refractivity contribution is -0.152. The second kappa shape index (κ2) is 3.65. The predicted molar refractivity (Wildman–Crippen MR) is 57.6 cm³/mol. The molecule has 2 saturated heterocycles. The molecule has 4 rings (SSSR count). The number of ether oxygens (including phenoxy) is 4. The van der Waals surface area contributed by atoms with E-state index in [9.17, 15) is 10.2 Å². The molecule has 0 aromatic carbocycles. The molecule has 0 radical (unpaired) electrons. The Morgan fingerprint density at radius 1 is 0.778 bits per heavy atom. The Labute approximate surface area is 105 Å². The smallest absolute Gasteiger partial charge is 0.169 e. The predicted octanol–water partition coefficient (Wildman–Crippen LogP) is -0.481. The Morgan fingerprint density at radius 2 is 1.17 bits per heavy atom. The highest BCUT2D eigenvalue weighted by atomic mass is 16.8. The van der Waals surface area contributed by atoms with Crippen LogP contribution in [0.2, 0.25) is 0 Å². The third-order valence-electron chi connectivity index (χ3n) is 4.18. The van der Waals surface area contributed by atoms with Crippen LogP contribution in [0.3, 0.4) is 0 Å². The molecule has 2 aliphatic heterocycles. The van der Waals surface area contributed by atoms with E-state index in [4.69, 9.17) is 18.9 Å². The van der Waals surface area contributed by atoms with Crippen molar-refractivity contribution in [2.75, 3.05) is 13.2 Å². The second-order valence-corrected chi connectivity index (χ2v) is 5.74. The number of hydrogen-bond donors (Lipinski definition) is 2. The topological polar surface area (TPSA) is 77.4 Å². The van der Waals surface area contributed by atoms with E-state index in [1.807, 2.05) is 0 Å². The molecule has 4 fully saturated rings. The number of aliphatic hydroxyl groups is 2. The standard InChI is InChI=1S/C12H18O6/c13-9(7-5-15-11(17-7)1-2-11)10(14)8-6-16-12(18-8)3-4-12/h7-10,13-14H,1-6H2. The zero-order valence-corrected chi connectivity index (χ0v) is 10.1. The summed E-state index contributed by atoms with van der Waals surface area (Å²) < 4.78 is 22.3. The summed E-state index contributed by atoms with van der Waals surface area (Å²) in [4.78, 5) is 0. The largest absolute Gasteiger partial charge is 0.387 e. The van der Waals surface area contributed by atoms with Crippen LogP contribution in [0.1, 0.15) is 25.7 Å². The molecule has 2 spiro atoms. The lowest BCUT2D eigenvalue weighted by atomic mass is 10.0. The number of hydrogen-bond acceptors (Lipinski definition) is 6. The van der Waals surface area contributed by atoms with Crippen molar-refractivity contribution in [1.82, 2.24) is 0 Å². The van der Waals surface area contributed by atoms with Gasteiger partial charge in [0.2, 0.25) is 0 Å². The van der Waals surface area contributed by atoms with Gasteiger partial charge >= 0.3 is 0 Å². The molecule has 2 saturated carbocycles. The van der Waals surface area contributed by atoms with Crippen LogP contribution in [-0.4, -0.2) is 59.4 Å². The molecule has 18 heavy (non-hydrogen) atoms. The van der Waals surface area contributed by atoms with Gasteiger partial charge in [-0.15, -0.1) is 0 Å². The van der Waals surface area contributed by atoms with E-state index >= 15 is 0 Å². The van der Waals surface area contributed by atoms with E-state index in [1.165, 1.54) is 0 Å². The van der Waals surface area contributed by atoms with Gasteiger partial charge < -0.3 is 29.2 Å². The quantitative estimate of drug-likeness (QED) is 0.712. The zero-order valence-electron chi connectivity index (χ0n) is 10.1. The van der Waals surface area contributed by atoms with Crippen LogP contribution in [0.4, 0.5) is 0 Å². The lowest BCUT2D eigenvalue weighted by Crippen LogP contribution is -2.46. The Kier molecular flexibility index (Phi) is 2.35. The van der Waals surface area contributed by atoms with Gasteiger partial charge in [0, 0.05) is 25.7 Å². The van der Waals surface area contributed by atoms with Crippen LogP contribution in [0.15, 0.2) is 0 Å². The third-order valence-corrected chi connectivity index (χ3v) is 4.18. The first kappa shape index (κ1) is 11.6. The molecule has 0 amide bonds. The average Bonchev–Trinajstić information content (AvgIpc) is 3.17. The summed E-state index contributed by atoms with van der Waals surface area (Å²) in [6.45, 7) is 0.661. The van der Waals surface area contributed by atoms with Crippen LogP contribution in [0.5, 0.6) is 0 Å². The van der Waals surface area contributed by atoms with Gasteiger partial charge in [-0.25, -0.2) is 0 Å².